The third kappa shape index (κ3) is 3.85. The summed E-state index contributed by atoms with van der Waals surface area (Å²) in [5.41, 5.74) is 9.24. The Morgan fingerprint density at radius 1 is 0.524 bits per heavy atom. The van der Waals surface area contributed by atoms with Crippen molar-refractivity contribution in [3.05, 3.63) is 133 Å². The maximum Gasteiger partial charge on any atom is 0.238 e. The number of benzene rings is 5. The van der Waals surface area contributed by atoms with Gasteiger partial charge in [0, 0.05) is 22.9 Å². The zero-order valence-corrected chi connectivity index (χ0v) is 24.5. The molecule has 0 radical (unpaired) electrons. The molecule has 42 heavy (non-hydrogen) atoms. The van der Waals surface area contributed by atoms with E-state index in [0.717, 1.165) is 16.8 Å². The summed E-state index contributed by atoms with van der Waals surface area (Å²) in [5.74, 6) is 1.89. The summed E-state index contributed by atoms with van der Waals surface area (Å²) in [7, 11) is -1.87. The number of nitrogens with zero attached hydrogens (tertiary/aromatic N) is 4. The van der Waals surface area contributed by atoms with E-state index in [1.54, 1.807) is 0 Å². The Hall–Kier alpha value is -5.13. The van der Waals surface area contributed by atoms with Crippen LogP contribution in [0.4, 0.5) is 11.6 Å². The van der Waals surface area contributed by atoms with Crippen LogP contribution in [0, 0.1) is 0 Å². The summed E-state index contributed by atoms with van der Waals surface area (Å²) in [4.78, 5) is 17.2. The van der Waals surface area contributed by atoms with Crippen LogP contribution in [0.15, 0.2) is 128 Å². The molecule has 5 aromatic carbocycles. The van der Waals surface area contributed by atoms with E-state index in [2.05, 4.69) is 90.9 Å². The van der Waals surface area contributed by atoms with Crippen molar-refractivity contribution in [3.63, 3.8) is 0 Å². The molecule has 0 N–H and O–H groups in total. The topological polar surface area (TPSA) is 41.9 Å². The van der Waals surface area contributed by atoms with Crippen molar-refractivity contribution >= 4 is 36.2 Å². The number of rotatable bonds is 3. The molecule has 3 heterocycles. The molecule has 5 heteroatoms. The minimum Gasteiger partial charge on any atom is -0.285 e. The van der Waals surface area contributed by atoms with Crippen LogP contribution in [-0.4, -0.2) is 23.0 Å². The predicted octanol–water partition coefficient (Wildman–Crippen LogP) is 7.80. The first-order valence-electron chi connectivity index (χ1n) is 14.3. The summed E-state index contributed by atoms with van der Waals surface area (Å²) in [6, 6.07) is 42.7. The van der Waals surface area contributed by atoms with E-state index in [9.17, 15) is 0 Å². The fraction of sp³-hybridized carbons (Fsp3) is 0.0541. The maximum absolute atomic E-state index is 5.08. The van der Waals surface area contributed by atoms with Crippen molar-refractivity contribution in [2.24, 2.45) is 0 Å². The molecule has 8 rings (SSSR count). The molecule has 0 spiro atoms. The molecular formula is C37H28N4Si. The molecule has 0 unspecified atom stereocenters. The van der Waals surface area contributed by atoms with Gasteiger partial charge in [0.15, 0.2) is 11.6 Å². The van der Waals surface area contributed by atoms with Crippen LogP contribution in [0.3, 0.4) is 0 Å². The average molecular weight is 557 g/mol. The van der Waals surface area contributed by atoms with Crippen molar-refractivity contribution < 1.29 is 0 Å². The summed E-state index contributed by atoms with van der Waals surface area (Å²) >= 11 is 0. The van der Waals surface area contributed by atoms with E-state index in [1.165, 1.54) is 38.2 Å². The standard InChI is InChI=1S/C37H28N4Si/c1-42(2)33-20-12-11-19-29(33)31-23-32-30(24-34(31)42)28-18-10-9-13-25(28)21-22-41(32)37-39-35(26-14-5-3-6-15-26)38-36(40-37)27-16-7-4-8-17-27/h3-24H,1-2H3. The van der Waals surface area contributed by atoms with E-state index >= 15 is 0 Å². The van der Waals surface area contributed by atoms with Gasteiger partial charge in [0.05, 0.1) is 5.69 Å². The Labute approximate surface area is 246 Å². The van der Waals surface area contributed by atoms with Crippen LogP contribution in [0.2, 0.25) is 13.1 Å². The van der Waals surface area contributed by atoms with E-state index in [1.807, 2.05) is 60.7 Å². The monoisotopic (exact) mass is 556 g/mol. The van der Waals surface area contributed by atoms with Gasteiger partial charge in [-0.2, -0.15) is 9.97 Å². The third-order valence-electron chi connectivity index (χ3n) is 8.52. The molecular weight excluding hydrogens is 529 g/mol. The number of hydrogen-bond acceptors (Lipinski definition) is 4. The van der Waals surface area contributed by atoms with Crippen molar-refractivity contribution in [2.75, 3.05) is 4.90 Å². The Kier molecular flexibility index (Phi) is 5.56. The van der Waals surface area contributed by atoms with Gasteiger partial charge in [-0.15, -0.1) is 0 Å². The van der Waals surface area contributed by atoms with Gasteiger partial charge in [-0.25, -0.2) is 4.98 Å². The third-order valence-corrected chi connectivity index (χ3v) is 12.1. The van der Waals surface area contributed by atoms with Gasteiger partial charge in [0.1, 0.15) is 8.07 Å². The molecule has 0 amide bonds. The molecule has 200 valence electrons. The SMILES string of the molecule is C[Si]1(C)c2ccccc2-c2cc3c(cc21)-c1ccccc1C=CN3c1nc(-c2ccccc2)nc(-c2ccccc2)n1. The highest BCUT2D eigenvalue weighted by Gasteiger charge is 2.39. The first kappa shape index (κ1) is 24.6. The molecule has 4 nitrogen and oxygen atoms in total. The van der Waals surface area contributed by atoms with Crippen LogP contribution >= 0.6 is 0 Å². The van der Waals surface area contributed by atoms with Gasteiger partial charge < -0.3 is 0 Å². The van der Waals surface area contributed by atoms with Gasteiger partial charge in [-0.1, -0.05) is 128 Å². The lowest BCUT2D eigenvalue weighted by Crippen LogP contribution is -2.49. The lowest BCUT2D eigenvalue weighted by molar-refractivity contribution is 1.02. The van der Waals surface area contributed by atoms with Gasteiger partial charge >= 0.3 is 0 Å². The second-order valence-electron chi connectivity index (χ2n) is 11.4. The Bertz CT molecular complexity index is 1960. The van der Waals surface area contributed by atoms with Crippen LogP contribution in [0.1, 0.15) is 5.56 Å². The molecule has 0 atom stereocenters. The van der Waals surface area contributed by atoms with Gasteiger partial charge in [0.2, 0.25) is 5.95 Å². The lowest BCUT2D eigenvalue weighted by Gasteiger charge is -2.25. The fourth-order valence-electron chi connectivity index (χ4n) is 6.35. The predicted molar refractivity (Wildman–Crippen MR) is 176 cm³/mol. The van der Waals surface area contributed by atoms with Crippen LogP contribution in [0.25, 0.3) is 51.1 Å². The highest BCUT2D eigenvalue weighted by atomic mass is 28.3. The summed E-state index contributed by atoms with van der Waals surface area (Å²) in [6.07, 6.45) is 4.28. The molecule has 1 aromatic heterocycles. The smallest absolute Gasteiger partial charge is 0.238 e. The fourth-order valence-corrected chi connectivity index (χ4v) is 9.43. The molecule has 0 saturated carbocycles. The number of aromatic nitrogens is 3. The quantitative estimate of drug-likeness (QED) is 0.209. The molecule has 2 aliphatic rings. The Morgan fingerprint density at radius 2 is 1.12 bits per heavy atom. The largest absolute Gasteiger partial charge is 0.285 e. The normalized spacial score (nSPS) is 14.0. The Balaban J connectivity index is 1.40. The van der Waals surface area contributed by atoms with Crippen LogP contribution in [0.5, 0.6) is 0 Å². The second kappa shape index (κ2) is 9.47. The zero-order chi connectivity index (χ0) is 28.3. The average Bonchev–Trinajstić information content (AvgIpc) is 3.16. The molecule has 6 aromatic rings. The molecule has 0 fully saturated rings. The maximum atomic E-state index is 5.08. The minimum absolute atomic E-state index is 0.593. The van der Waals surface area contributed by atoms with Crippen molar-refractivity contribution in [1.29, 1.82) is 0 Å². The highest BCUT2D eigenvalue weighted by Crippen LogP contribution is 2.43. The van der Waals surface area contributed by atoms with E-state index < -0.39 is 8.07 Å². The highest BCUT2D eigenvalue weighted by molar-refractivity contribution is 7.03. The van der Waals surface area contributed by atoms with Crippen molar-refractivity contribution in [2.45, 2.75) is 13.1 Å². The second-order valence-corrected chi connectivity index (χ2v) is 15.7. The summed E-state index contributed by atoms with van der Waals surface area (Å²) in [6.45, 7) is 4.93. The van der Waals surface area contributed by atoms with Gasteiger partial charge in [0.25, 0.3) is 0 Å². The van der Waals surface area contributed by atoms with Crippen molar-refractivity contribution in [1.82, 2.24) is 15.0 Å². The molecule has 2 aliphatic heterocycles. The van der Waals surface area contributed by atoms with Crippen LogP contribution in [-0.2, 0) is 0 Å². The van der Waals surface area contributed by atoms with E-state index in [-0.39, 0.29) is 0 Å². The minimum atomic E-state index is -1.87. The molecule has 0 bridgehead atoms. The Morgan fingerprint density at radius 3 is 1.81 bits per heavy atom. The lowest BCUT2D eigenvalue weighted by atomic mass is 9.95. The van der Waals surface area contributed by atoms with Crippen LogP contribution < -0.4 is 15.3 Å². The number of fused-ring (bicyclic) bond motifs is 6. The summed E-state index contributed by atoms with van der Waals surface area (Å²) < 4.78 is 0. The molecule has 0 saturated heterocycles. The number of anilines is 2. The summed E-state index contributed by atoms with van der Waals surface area (Å²) in [5, 5.41) is 2.97. The zero-order valence-electron chi connectivity index (χ0n) is 23.5. The van der Waals surface area contributed by atoms with E-state index in [0.29, 0.717) is 17.6 Å². The number of hydrogen-bond donors (Lipinski definition) is 0. The van der Waals surface area contributed by atoms with E-state index in [4.69, 9.17) is 15.0 Å². The van der Waals surface area contributed by atoms with Crippen molar-refractivity contribution in [3.8, 4) is 45.0 Å². The first-order valence-corrected chi connectivity index (χ1v) is 17.3. The van der Waals surface area contributed by atoms with Gasteiger partial charge in [-0.05, 0) is 44.8 Å². The molecule has 0 aliphatic carbocycles. The first-order chi connectivity index (χ1) is 20.6. The van der Waals surface area contributed by atoms with Gasteiger partial charge in [-0.3, -0.25) is 4.90 Å².